The Morgan fingerprint density at radius 3 is 2.45 bits per heavy atom. The molecule has 0 spiro atoms. The summed E-state index contributed by atoms with van der Waals surface area (Å²) in [5.41, 5.74) is 6.98. The zero-order valence-electron chi connectivity index (χ0n) is 11.7. The van der Waals surface area contributed by atoms with Crippen LogP contribution in [0.25, 0.3) is 0 Å². The van der Waals surface area contributed by atoms with E-state index in [1.54, 1.807) is 23.5 Å². The molecule has 1 atom stereocenters. The maximum Gasteiger partial charge on any atom is 0.241 e. The van der Waals surface area contributed by atoms with E-state index >= 15 is 0 Å². The Bertz CT molecular complexity index is 700. The summed E-state index contributed by atoms with van der Waals surface area (Å²) < 4.78 is 27.4. The zero-order chi connectivity index (χ0) is 14.9. The lowest BCUT2D eigenvalue weighted by Gasteiger charge is -2.13. The highest BCUT2D eigenvalue weighted by molar-refractivity contribution is 7.89. The largest absolute Gasteiger partial charge is 0.399 e. The second kappa shape index (κ2) is 5.55. The van der Waals surface area contributed by atoms with Gasteiger partial charge in [0, 0.05) is 15.4 Å². The summed E-state index contributed by atoms with van der Waals surface area (Å²) >= 11 is 1.59. The van der Waals surface area contributed by atoms with Crippen molar-refractivity contribution in [1.29, 1.82) is 0 Å². The van der Waals surface area contributed by atoms with Crippen LogP contribution in [0.15, 0.2) is 35.2 Å². The molecule has 0 bridgehead atoms. The average Bonchev–Trinajstić information content (AvgIpc) is 2.74. The first-order chi connectivity index (χ1) is 9.28. The van der Waals surface area contributed by atoms with E-state index in [-0.39, 0.29) is 10.9 Å². The van der Waals surface area contributed by atoms with Gasteiger partial charge in [-0.05, 0) is 56.7 Å². The van der Waals surface area contributed by atoms with Crippen molar-refractivity contribution < 1.29 is 8.42 Å². The van der Waals surface area contributed by atoms with E-state index < -0.39 is 10.0 Å². The molecule has 0 saturated heterocycles. The van der Waals surface area contributed by atoms with E-state index in [9.17, 15) is 8.42 Å². The van der Waals surface area contributed by atoms with Crippen LogP contribution in [-0.4, -0.2) is 8.42 Å². The Morgan fingerprint density at radius 1 is 1.20 bits per heavy atom. The second-order valence-corrected chi connectivity index (χ2v) is 7.90. The van der Waals surface area contributed by atoms with Crippen LogP contribution in [0.1, 0.15) is 28.3 Å². The topological polar surface area (TPSA) is 72.2 Å². The predicted molar refractivity (Wildman–Crippen MR) is 83.4 cm³/mol. The quantitative estimate of drug-likeness (QED) is 0.853. The third-order valence-electron chi connectivity index (χ3n) is 2.90. The molecule has 1 heterocycles. The maximum atomic E-state index is 12.4. The van der Waals surface area contributed by atoms with Crippen molar-refractivity contribution in [3.8, 4) is 0 Å². The van der Waals surface area contributed by atoms with Crippen LogP contribution >= 0.6 is 11.3 Å². The van der Waals surface area contributed by atoms with Crippen molar-refractivity contribution in [3.05, 3.63) is 45.6 Å². The summed E-state index contributed by atoms with van der Waals surface area (Å²) in [5, 5.41) is 0. The standard InChI is InChI=1S/C14H18N2O2S2/c1-9-6-12(15)8-13(7-9)20(17,18)16-11(3)14-5-4-10(2)19-14/h4-8,11,16H,15H2,1-3H3. The number of hydrogen-bond acceptors (Lipinski definition) is 4. The lowest BCUT2D eigenvalue weighted by molar-refractivity contribution is 0.568. The van der Waals surface area contributed by atoms with E-state index in [0.717, 1.165) is 15.3 Å². The third kappa shape index (κ3) is 3.39. The van der Waals surface area contributed by atoms with Crippen LogP contribution in [0.3, 0.4) is 0 Å². The molecular weight excluding hydrogens is 292 g/mol. The zero-order valence-corrected chi connectivity index (χ0v) is 13.3. The van der Waals surface area contributed by atoms with Crippen LogP contribution < -0.4 is 10.5 Å². The van der Waals surface area contributed by atoms with Crippen molar-refractivity contribution in [2.45, 2.75) is 31.7 Å². The van der Waals surface area contributed by atoms with E-state index in [2.05, 4.69) is 4.72 Å². The number of nitrogens with two attached hydrogens (primary N) is 1. The Labute approximate surface area is 123 Å². The molecule has 0 fully saturated rings. The summed E-state index contributed by atoms with van der Waals surface area (Å²) in [6.45, 7) is 5.65. The van der Waals surface area contributed by atoms with Crippen molar-refractivity contribution in [2.24, 2.45) is 0 Å². The van der Waals surface area contributed by atoms with Gasteiger partial charge >= 0.3 is 0 Å². The summed E-state index contributed by atoms with van der Waals surface area (Å²) in [6.07, 6.45) is 0. The van der Waals surface area contributed by atoms with Crippen LogP contribution in [-0.2, 0) is 10.0 Å². The number of aryl methyl sites for hydroxylation is 2. The van der Waals surface area contributed by atoms with E-state index in [0.29, 0.717) is 5.69 Å². The first-order valence-corrected chi connectivity index (χ1v) is 8.54. The number of nitrogens with one attached hydrogen (secondary N) is 1. The fraction of sp³-hybridized carbons (Fsp3) is 0.286. The molecule has 0 aliphatic carbocycles. The molecule has 4 nitrogen and oxygen atoms in total. The van der Waals surface area contributed by atoms with Crippen LogP contribution in [0.5, 0.6) is 0 Å². The summed E-state index contributed by atoms with van der Waals surface area (Å²) in [5.74, 6) is 0. The lowest BCUT2D eigenvalue weighted by Crippen LogP contribution is -2.26. The molecule has 0 saturated carbocycles. The molecule has 108 valence electrons. The number of nitrogen functional groups attached to an aromatic ring is 1. The van der Waals surface area contributed by atoms with Crippen LogP contribution in [0.2, 0.25) is 0 Å². The highest BCUT2D eigenvalue weighted by Crippen LogP contribution is 2.24. The second-order valence-electron chi connectivity index (χ2n) is 4.87. The Balaban J connectivity index is 2.27. The molecule has 20 heavy (non-hydrogen) atoms. The molecule has 0 radical (unpaired) electrons. The van der Waals surface area contributed by atoms with Gasteiger partial charge in [0.25, 0.3) is 0 Å². The minimum atomic E-state index is -3.57. The van der Waals surface area contributed by atoms with Crippen molar-refractivity contribution in [2.75, 3.05) is 5.73 Å². The molecule has 0 aliphatic heterocycles. The molecule has 1 unspecified atom stereocenters. The van der Waals surface area contributed by atoms with Crippen LogP contribution in [0.4, 0.5) is 5.69 Å². The molecule has 2 aromatic rings. The minimum absolute atomic E-state index is 0.204. The Hall–Kier alpha value is -1.37. The van der Waals surface area contributed by atoms with Crippen molar-refractivity contribution in [3.63, 3.8) is 0 Å². The first-order valence-electron chi connectivity index (χ1n) is 6.24. The van der Waals surface area contributed by atoms with Gasteiger partial charge in [-0.1, -0.05) is 0 Å². The molecule has 1 aromatic carbocycles. The van der Waals surface area contributed by atoms with E-state index in [4.69, 9.17) is 5.73 Å². The number of anilines is 1. The van der Waals surface area contributed by atoms with Gasteiger partial charge in [-0.3, -0.25) is 0 Å². The third-order valence-corrected chi connectivity index (χ3v) is 5.61. The minimum Gasteiger partial charge on any atom is -0.399 e. The number of sulfonamides is 1. The fourth-order valence-electron chi connectivity index (χ4n) is 1.98. The van der Waals surface area contributed by atoms with Crippen LogP contribution in [0, 0.1) is 13.8 Å². The highest BCUT2D eigenvalue weighted by atomic mass is 32.2. The molecule has 3 N–H and O–H groups in total. The van der Waals surface area contributed by atoms with Gasteiger partial charge in [0.15, 0.2) is 0 Å². The molecule has 0 amide bonds. The number of hydrogen-bond donors (Lipinski definition) is 2. The summed E-state index contributed by atoms with van der Waals surface area (Å²) in [7, 11) is -3.57. The molecular formula is C14H18N2O2S2. The van der Waals surface area contributed by atoms with Gasteiger partial charge in [0.1, 0.15) is 0 Å². The summed E-state index contributed by atoms with van der Waals surface area (Å²) in [4.78, 5) is 2.35. The normalized spacial score (nSPS) is 13.3. The number of benzene rings is 1. The monoisotopic (exact) mass is 310 g/mol. The Kier molecular flexibility index (Phi) is 4.17. The van der Waals surface area contributed by atoms with Gasteiger partial charge in [-0.2, -0.15) is 0 Å². The lowest BCUT2D eigenvalue weighted by atomic mass is 10.2. The SMILES string of the molecule is Cc1cc(N)cc(S(=O)(=O)NC(C)c2ccc(C)s2)c1. The smallest absolute Gasteiger partial charge is 0.241 e. The van der Waals surface area contributed by atoms with Crippen molar-refractivity contribution in [1.82, 2.24) is 4.72 Å². The number of rotatable bonds is 4. The van der Waals surface area contributed by atoms with Gasteiger partial charge < -0.3 is 5.73 Å². The Morgan fingerprint density at radius 2 is 1.90 bits per heavy atom. The molecule has 0 aliphatic rings. The average molecular weight is 310 g/mol. The van der Waals surface area contributed by atoms with E-state index in [1.165, 1.54) is 6.07 Å². The van der Waals surface area contributed by atoms with Gasteiger partial charge in [-0.25, -0.2) is 13.1 Å². The molecule has 1 aromatic heterocycles. The van der Waals surface area contributed by atoms with Crippen molar-refractivity contribution >= 4 is 27.0 Å². The highest BCUT2D eigenvalue weighted by Gasteiger charge is 2.19. The van der Waals surface area contributed by atoms with Gasteiger partial charge in [0.2, 0.25) is 10.0 Å². The maximum absolute atomic E-state index is 12.4. The first kappa shape index (κ1) is 15.0. The summed E-state index contributed by atoms with van der Waals surface area (Å²) in [6, 6.07) is 8.49. The predicted octanol–water partition coefficient (Wildman–Crippen LogP) is 2.99. The van der Waals surface area contributed by atoms with Gasteiger partial charge in [-0.15, -0.1) is 11.3 Å². The molecule has 6 heteroatoms. The fourth-order valence-corrected chi connectivity index (χ4v) is 4.29. The molecule has 2 rings (SSSR count). The number of thiophene rings is 1. The van der Waals surface area contributed by atoms with Gasteiger partial charge in [0.05, 0.1) is 10.9 Å². The van der Waals surface area contributed by atoms with E-state index in [1.807, 2.05) is 32.9 Å².